The fourth-order valence-electron chi connectivity index (χ4n) is 1.96. The van der Waals surface area contributed by atoms with E-state index in [0.717, 1.165) is 25.0 Å². The molecule has 7 heteroatoms. The van der Waals surface area contributed by atoms with Crippen LogP contribution in [-0.4, -0.2) is 29.1 Å². The molecule has 1 aromatic rings. The number of amides is 2. The number of aliphatic hydroxyl groups is 1. The lowest BCUT2D eigenvalue weighted by atomic mass is 10.0. The van der Waals surface area contributed by atoms with Crippen molar-refractivity contribution in [2.45, 2.75) is 25.4 Å². The minimum atomic E-state index is -1.08. The Labute approximate surface area is 120 Å². The normalized spacial score (nSPS) is 17.0. The van der Waals surface area contributed by atoms with E-state index in [4.69, 9.17) is 0 Å². The van der Waals surface area contributed by atoms with Crippen LogP contribution in [0, 0.1) is 17.6 Å². The van der Waals surface area contributed by atoms with E-state index in [0.29, 0.717) is 6.07 Å². The second kappa shape index (κ2) is 5.77. The molecule has 2 amide bonds. The van der Waals surface area contributed by atoms with Crippen molar-refractivity contribution in [3.8, 4) is 0 Å². The Hall–Kier alpha value is -2.02. The molecule has 1 fully saturated rings. The minimum Gasteiger partial charge on any atom is -0.388 e. The predicted octanol–water partition coefficient (Wildman–Crippen LogP) is 1.18. The van der Waals surface area contributed by atoms with Crippen molar-refractivity contribution in [2.24, 2.45) is 5.92 Å². The van der Waals surface area contributed by atoms with Crippen molar-refractivity contribution in [1.29, 1.82) is 0 Å². The third-order valence-corrected chi connectivity index (χ3v) is 3.45. The van der Waals surface area contributed by atoms with Gasteiger partial charge in [-0.1, -0.05) is 0 Å². The number of carbonyl (C=O) groups excluding carboxylic acids is 2. The van der Waals surface area contributed by atoms with E-state index in [9.17, 15) is 23.5 Å². The molecule has 0 heterocycles. The fourth-order valence-corrected chi connectivity index (χ4v) is 1.96. The van der Waals surface area contributed by atoms with Crippen LogP contribution < -0.4 is 10.6 Å². The molecule has 0 unspecified atom stereocenters. The van der Waals surface area contributed by atoms with Crippen LogP contribution in [0.2, 0.25) is 0 Å². The molecule has 0 aliphatic heterocycles. The number of nitrogens with one attached hydrogen (secondary N) is 2. The van der Waals surface area contributed by atoms with Crippen LogP contribution in [0.5, 0.6) is 0 Å². The maximum absolute atomic E-state index is 13.3. The van der Waals surface area contributed by atoms with Gasteiger partial charge in [-0.2, -0.15) is 0 Å². The quantitative estimate of drug-likeness (QED) is 0.730. The number of hydrogen-bond donors (Lipinski definition) is 3. The first-order chi connectivity index (χ1) is 9.79. The molecular formula is C14H16F2N2O3. The number of rotatable bonds is 4. The second-order valence-electron chi connectivity index (χ2n) is 5.39. The van der Waals surface area contributed by atoms with Gasteiger partial charge >= 0.3 is 11.8 Å². The summed E-state index contributed by atoms with van der Waals surface area (Å²) in [4.78, 5) is 23.2. The van der Waals surface area contributed by atoms with Gasteiger partial charge in [-0.3, -0.25) is 9.59 Å². The van der Waals surface area contributed by atoms with Gasteiger partial charge in [0.2, 0.25) is 0 Å². The van der Waals surface area contributed by atoms with Crippen molar-refractivity contribution in [2.75, 3.05) is 11.9 Å². The molecule has 0 spiro atoms. The predicted molar refractivity (Wildman–Crippen MR) is 71.3 cm³/mol. The lowest BCUT2D eigenvalue weighted by molar-refractivity contribution is -0.136. The molecule has 1 aliphatic rings. The summed E-state index contributed by atoms with van der Waals surface area (Å²) in [5.41, 5.74) is -1.35. The van der Waals surface area contributed by atoms with Gasteiger partial charge in [0, 0.05) is 12.6 Å². The van der Waals surface area contributed by atoms with Gasteiger partial charge in [-0.05, 0) is 37.8 Å². The zero-order chi connectivity index (χ0) is 15.6. The van der Waals surface area contributed by atoms with E-state index in [1.165, 1.54) is 0 Å². The summed E-state index contributed by atoms with van der Waals surface area (Å²) < 4.78 is 26.1. The average Bonchev–Trinajstić information content (AvgIpc) is 3.24. The molecule has 0 aromatic heterocycles. The minimum absolute atomic E-state index is 0.0597. The third-order valence-electron chi connectivity index (χ3n) is 3.45. The van der Waals surface area contributed by atoms with E-state index < -0.39 is 29.0 Å². The van der Waals surface area contributed by atoms with Crippen LogP contribution in [0.25, 0.3) is 0 Å². The number of hydrogen-bond acceptors (Lipinski definition) is 3. The molecule has 3 N–H and O–H groups in total. The molecule has 114 valence electrons. The molecule has 1 atom stereocenters. The highest BCUT2D eigenvalue weighted by Gasteiger charge is 2.40. The van der Waals surface area contributed by atoms with Gasteiger partial charge in [0.05, 0.1) is 11.3 Å². The lowest BCUT2D eigenvalue weighted by Gasteiger charge is -2.22. The van der Waals surface area contributed by atoms with E-state index in [1.807, 2.05) is 5.32 Å². The van der Waals surface area contributed by atoms with Crippen LogP contribution in [-0.2, 0) is 9.59 Å². The molecule has 1 aromatic carbocycles. The van der Waals surface area contributed by atoms with E-state index in [-0.39, 0.29) is 18.2 Å². The fraction of sp³-hybridized carbons (Fsp3) is 0.429. The molecule has 0 bridgehead atoms. The first-order valence-electron chi connectivity index (χ1n) is 6.56. The van der Waals surface area contributed by atoms with Crippen LogP contribution in [0.4, 0.5) is 14.5 Å². The highest BCUT2D eigenvalue weighted by molar-refractivity contribution is 6.39. The standard InChI is InChI=1S/C14H16F2N2O3/c1-14(21,8-2-3-8)7-17-12(19)13(20)18-11-5-4-9(15)6-10(11)16/h4-6,8,21H,2-3,7H2,1H3,(H,17,19)(H,18,20)/t14-/m0/s1. The number of benzene rings is 1. The van der Waals surface area contributed by atoms with Crippen LogP contribution in [0.15, 0.2) is 18.2 Å². The van der Waals surface area contributed by atoms with Crippen molar-refractivity contribution in [3.63, 3.8) is 0 Å². The lowest BCUT2D eigenvalue weighted by Crippen LogP contribution is -2.45. The molecule has 1 saturated carbocycles. The Balaban J connectivity index is 1.89. The molecule has 0 radical (unpaired) electrons. The topological polar surface area (TPSA) is 78.4 Å². The van der Waals surface area contributed by atoms with Crippen LogP contribution in [0.1, 0.15) is 19.8 Å². The van der Waals surface area contributed by atoms with Gasteiger partial charge < -0.3 is 15.7 Å². The molecule has 1 aliphatic carbocycles. The SMILES string of the molecule is C[C@](O)(CNC(=O)C(=O)Nc1ccc(F)cc1F)C1CC1. The number of halogens is 2. The largest absolute Gasteiger partial charge is 0.388 e. The Kier molecular flexibility index (Phi) is 4.22. The van der Waals surface area contributed by atoms with Gasteiger partial charge in [-0.15, -0.1) is 0 Å². The maximum atomic E-state index is 13.3. The Morgan fingerprint density at radius 1 is 1.33 bits per heavy atom. The first kappa shape index (κ1) is 15.4. The summed E-state index contributed by atoms with van der Waals surface area (Å²) in [7, 11) is 0. The molecule has 2 rings (SSSR count). The van der Waals surface area contributed by atoms with Gasteiger partial charge in [0.25, 0.3) is 0 Å². The van der Waals surface area contributed by atoms with Gasteiger partial charge in [0.15, 0.2) is 0 Å². The summed E-state index contributed by atoms with van der Waals surface area (Å²) in [6.07, 6.45) is 1.77. The molecule has 21 heavy (non-hydrogen) atoms. The summed E-state index contributed by atoms with van der Waals surface area (Å²) in [6.45, 7) is 1.53. The Bertz CT molecular complexity index is 571. The zero-order valence-electron chi connectivity index (χ0n) is 11.5. The summed E-state index contributed by atoms with van der Waals surface area (Å²) >= 11 is 0. The van der Waals surface area contributed by atoms with E-state index >= 15 is 0 Å². The first-order valence-corrected chi connectivity index (χ1v) is 6.56. The number of anilines is 1. The third kappa shape index (κ3) is 3.98. The second-order valence-corrected chi connectivity index (χ2v) is 5.39. The van der Waals surface area contributed by atoms with Gasteiger partial charge in [-0.25, -0.2) is 8.78 Å². The van der Waals surface area contributed by atoms with Crippen LogP contribution in [0.3, 0.4) is 0 Å². The van der Waals surface area contributed by atoms with Crippen LogP contribution >= 0.6 is 0 Å². The highest BCUT2D eigenvalue weighted by atomic mass is 19.1. The van der Waals surface area contributed by atoms with Crippen molar-refractivity contribution in [1.82, 2.24) is 5.32 Å². The summed E-state index contributed by atoms with van der Waals surface area (Å²) in [5, 5.41) is 14.3. The summed E-state index contributed by atoms with van der Waals surface area (Å²) in [5.74, 6) is -3.70. The Morgan fingerprint density at radius 3 is 2.57 bits per heavy atom. The highest BCUT2D eigenvalue weighted by Crippen LogP contribution is 2.38. The van der Waals surface area contributed by atoms with E-state index in [1.54, 1.807) is 6.92 Å². The summed E-state index contributed by atoms with van der Waals surface area (Å²) in [6, 6.07) is 2.59. The van der Waals surface area contributed by atoms with Crippen molar-refractivity contribution < 1.29 is 23.5 Å². The maximum Gasteiger partial charge on any atom is 0.313 e. The molecule has 0 saturated heterocycles. The monoisotopic (exact) mass is 298 g/mol. The van der Waals surface area contributed by atoms with Crippen molar-refractivity contribution >= 4 is 17.5 Å². The Morgan fingerprint density at radius 2 is 2.00 bits per heavy atom. The smallest absolute Gasteiger partial charge is 0.313 e. The number of carbonyl (C=O) groups is 2. The zero-order valence-corrected chi connectivity index (χ0v) is 11.5. The molecular weight excluding hydrogens is 282 g/mol. The molecule has 5 nitrogen and oxygen atoms in total. The van der Waals surface area contributed by atoms with Crippen molar-refractivity contribution in [3.05, 3.63) is 29.8 Å². The van der Waals surface area contributed by atoms with E-state index in [2.05, 4.69) is 5.32 Å². The average molecular weight is 298 g/mol. The van der Waals surface area contributed by atoms with Gasteiger partial charge in [0.1, 0.15) is 11.6 Å².